The van der Waals surface area contributed by atoms with E-state index in [0.29, 0.717) is 6.42 Å². The summed E-state index contributed by atoms with van der Waals surface area (Å²) in [6.07, 6.45) is 4.37. The number of carbonyl (C=O) groups excluding carboxylic acids is 1. The van der Waals surface area contributed by atoms with Gasteiger partial charge in [0.2, 0.25) is 5.91 Å². The topological polar surface area (TPSA) is 58.4 Å². The summed E-state index contributed by atoms with van der Waals surface area (Å²) >= 11 is 1.60. The molecule has 0 radical (unpaired) electrons. The fraction of sp³-hybridized carbons (Fsp3) is 0.529. The lowest BCUT2D eigenvalue weighted by Crippen LogP contribution is -2.39. The number of hydrogen-bond acceptors (Lipinski definition) is 4. The molecule has 2 aromatic heterocycles. The quantitative estimate of drug-likeness (QED) is 0.914. The Morgan fingerprint density at radius 3 is 2.83 bits per heavy atom. The van der Waals surface area contributed by atoms with E-state index in [1.165, 1.54) is 0 Å². The number of aryl methyl sites for hydroxylation is 2. The Morgan fingerprint density at radius 1 is 1.43 bits per heavy atom. The molecule has 1 aliphatic rings. The lowest BCUT2D eigenvalue weighted by molar-refractivity contribution is -0.133. The maximum absolute atomic E-state index is 12.3. The van der Waals surface area contributed by atoms with Gasteiger partial charge in [-0.3, -0.25) is 9.48 Å². The van der Waals surface area contributed by atoms with Gasteiger partial charge in [-0.2, -0.15) is 5.10 Å². The van der Waals surface area contributed by atoms with Gasteiger partial charge in [0.25, 0.3) is 0 Å². The van der Waals surface area contributed by atoms with E-state index in [-0.39, 0.29) is 17.9 Å². The largest absolute Gasteiger partial charge is 0.387 e. The van der Waals surface area contributed by atoms with Gasteiger partial charge in [-0.25, -0.2) is 0 Å². The van der Waals surface area contributed by atoms with Crippen LogP contribution in [0.3, 0.4) is 0 Å². The molecule has 3 rings (SSSR count). The maximum Gasteiger partial charge on any atom is 0.222 e. The lowest BCUT2D eigenvalue weighted by Gasteiger charge is -2.34. The van der Waals surface area contributed by atoms with Crippen LogP contribution in [-0.4, -0.2) is 38.8 Å². The van der Waals surface area contributed by atoms with Crippen molar-refractivity contribution in [1.29, 1.82) is 0 Å². The Labute approximate surface area is 140 Å². The van der Waals surface area contributed by atoms with Crippen molar-refractivity contribution < 1.29 is 9.90 Å². The molecule has 6 heteroatoms. The average Bonchev–Trinajstić information content (AvgIpc) is 3.24. The molecule has 0 aromatic carbocycles. The highest BCUT2D eigenvalue weighted by atomic mass is 32.1. The van der Waals surface area contributed by atoms with Gasteiger partial charge < -0.3 is 10.0 Å². The SMILES string of the molecule is Cn1nccc1CCC(=O)N1CCC([C@H](O)c2cccs2)CC1. The number of piperidine rings is 1. The van der Waals surface area contributed by atoms with Crippen molar-refractivity contribution in [3.05, 3.63) is 40.3 Å². The summed E-state index contributed by atoms with van der Waals surface area (Å²) in [7, 11) is 1.90. The van der Waals surface area contributed by atoms with Crippen molar-refractivity contribution >= 4 is 17.2 Å². The monoisotopic (exact) mass is 333 g/mol. The number of hydrogen-bond donors (Lipinski definition) is 1. The molecule has 0 aliphatic carbocycles. The van der Waals surface area contributed by atoms with Gasteiger partial charge in [0.15, 0.2) is 0 Å². The Morgan fingerprint density at radius 2 is 2.22 bits per heavy atom. The molecule has 1 saturated heterocycles. The van der Waals surface area contributed by atoms with Crippen LogP contribution in [0.5, 0.6) is 0 Å². The summed E-state index contributed by atoms with van der Waals surface area (Å²) < 4.78 is 1.82. The van der Waals surface area contributed by atoms with Crippen molar-refractivity contribution in [2.24, 2.45) is 13.0 Å². The predicted octanol–water partition coefficient (Wildman–Crippen LogP) is 2.39. The van der Waals surface area contributed by atoms with Gasteiger partial charge in [-0.05, 0) is 42.7 Å². The zero-order chi connectivity index (χ0) is 16.2. The summed E-state index contributed by atoms with van der Waals surface area (Å²) in [5.74, 6) is 0.463. The van der Waals surface area contributed by atoms with Gasteiger partial charge in [0.05, 0.1) is 6.10 Å². The third-order valence-corrected chi connectivity index (χ3v) is 5.63. The van der Waals surface area contributed by atoms with Crippen LogP contribution in [0, 0.1) is 5.92 Å². The molecule has 2 aromatic rings. The summed E-state index contributed by atoms with van der Waals surface area (Å²) in [5, 5.41) is 16.5. The second-order valence-corrected chi connectivity index (χ2v) is 7.10. The Hall–Kier alpha value is -1.66. The molecule has 1 fully saturated rings. The minimum absolute atomic E-state index is 0.204. The summed E-state index contributed by atoms with van der Waals surface area (Å²) in [6, 6.07) is 5.91. The number of nitrogens with zero attached hydrogens (tertiary/aromatic N) is 3. The lowest BCUT2D eigenvalue weighted by atomic mass is 9.90. The van der Waals surface area contributed by atoms with Crippen LogP contribution in [0.25, 0.3) is 0 Å². The Kier molecular flexibility index (Phi) is 5.13. The summed E-state index contributed by atoms with van der Waals surface area (Å²) in [4.78, 5) is 15.3. The average molecular weight is 333 g/mol. The molecule has 23 heavy (non-hydrogen) atoms. The second kappa shape index (κ2) is 7.27. The van der Waals surface area contributed by atoms with Gasteiger partial charge in [0.1, 0.15) is 0 Å². The standard InChI is InChI=1S/C17H23N3O2S/c1-19-14(6-9-18-19)4-5-16(21)20-10-7-13(8-11-20)17(22)15-3-2-12-23-15/h2-3,6,9,12-13,17,22H,4-5,7-8,10-11H2,1H3/t17-/m0/s1. The molecule has 0 spiro atoms. The van der Waals surface area contributed by atoms with Gasteiger partial charge in [-0.15, -0.1) is 11.3 Å². The molecule has 1 aliphatic heterocycles. The fourth-order valence-electron chi connectivity index (χ4n) is 3.20. The number of likely N-dealkylation sites (tertiary alicyclic amines) is 1. The van der Waals surface area contributed by atoms with E-state index in [1.807, 2.05) is 40.2 Å². The van der Waals surface area contributed by atoms with E-state index < -0.39 is 0 Å². The number of aliphatic hydroxyl groups is 1. The summed E-state index contributed by atoms with van der Waals surface area (Å²) in [5.41, 5.74) is 1.08. The van der Waals surface area contributed by atoms with E-state index >= 15 is 0 Å². The van der Waals surface area contributed by atoms with Crippen molar-refractivity contribution in [2.45, 2.75) is 31.8 Å². The number of thiophene rings is 1. The molecular formula is C17H23N3O2S. The third kappa shape index (κ3) is 3.82. The predicted molar refractivity (Wildman–Crippen MR) is 90.1 cm³/mol. The van der Waals surface area contributed by atoms with Crippen molar-refractivity contribution in [3.8, 4) is 0 Å². The van der Waals surface area contributed by atoms with Crippen molar-refractivity contribution in [2.75, 3.05) is 13.1 Å². The van der Waals surface area contributed by atoms with Crippen LogP contribution in [0.4, 0.5) is 0 Å². The van der Waals surface area contributed by atoms with Crippen LogP contribution >= 0.6 is 11.3 Å². The van der Waals surface area contributed by atoms with Gasteiger partial charge in [0, 0.05) is 43.3 Å². The molecule has 3 heterocycles. The van der Waals surface area contributed by atoms with Gasteiger partial charge in [-0.1, -0.05) is 6.07 Å². The highest BCUT2D eigenvalue weighted by Crippen LogP contribution is 2.33. The fourth-order valence-corrected chi connectivity index (χ4v) is 4.00. The van der Waals surface area contributed by atoms with Crippen molar-refractivity contribution in [1.82, 2.24) is 14.7 Å². The van der Waals surface area contributed by atoms with E-state index in [4.69, 9.17) is 0 Å². The zero-order valence-electron chi connectivity index (χ0n) is 13.4. The van der Waals surface area contributed by atoms with Crippen LogP contribution in [-0.2, 0) is 18.3 Å². The Balaban J connectivity index is 1.47. The summed E-state index contributed by atoms with van der Waals surface area (Å²) in [6.45, 7) is 1.49. The molecule has 1 N–H and O–H groups in total. The zero-order valence-corrected chi connectivity index (χ0v) is 14.2. The van der Waals surface area contributed by atoms with Crippen LogP contribution in [0.2, 0.25) is 0 Å². The highest BCUT2D eigenvalue weighted by molar-refractivity contribution is 7.10. The first-order valence-electron chi connectivity index (χ1n) is 8.11. The first kappa shape index (κ1) is 16.2. The smallest absolute Gasteiger partial charge is 0.222 e. The Bertz CT molecular complexity index is 630. The first-order chi connectivity index (χ1) is 11.1. The van der Waals surface area contributed by atoms with Crippen LogP contribution < -0.4 is 0 Å². The molecule has 124 valence electrons. The maximum atomic E-state index is 12.3. The second-order valence-electron chi connectivity index (χ2n) is 6.12. The number of rotatable bonds is 5. The number of carbonyl (C=O) groups is 1. The third-order valence-electron chi connectivity index (χ3n) is 4.69. The van der Waals surface area contributed by atoms with E-state index in [1.54, 1.807) is 17.5 Å². The minimum atomic E-state index is -0.387. The van der Waals surface area contributed by atoms with Crippen LogP contribution in [0.1, 0.15) is 35.9 Å². The van der Waals surface area contributed by atoms with E-state index in [2.05, 4.69) is 5.10 Å². The number of aliphatic hydroxyl groups excluding tert-OH is 1. The number of amides is 1. The van der Waals surface area contributed by atoms with Crippen molar-refractivity contribution in [3.63, 3.8) is 0 Å². The first-order valence-corrected chi connectivity index (χ1v) is 8.99. The van der Waals surface area contributed by atoms with Crippen LogP contribution in [0.15, 0.2) is 29.8 Å². The molecule has 1 atom stereocenters. The molecular weight excluding hydrogens is 310 g/mol. The minimum Gasteiger partial charge on any atom is -0.387 e. The molecule has 0 saturated carbocycles. The number of aromatic nitrogens is 2. The molecule has 0 unspecified atom stereocenters. The highest BCUT2D eigenvalue weighted by Gasteiger charge is 2.28. The van der Waals surface area contributed by atoms with E-state index in [0.717, 1.165) is 42.9 Å². The molecule has 0 bridgehead atoms. The van der Waals surface area contributed by atoms with Gasteiger partial charge >= 0.3 is 0 Å². The van der Waals surface area contributed by atoms with E-state index in [9.17, 15) is 9.90 Å². The normalized spacial score (nSPS) is 17.4. The molecule has 1 amide bonds. The molecule has 5 nitrogen and oxygen atoms in total.